The summed E-state index contributed by atoms with van der Waals surface area (Å²) in [5, 5.41) is 0. The highest BCUT2D eigenvalue weighted by atomic mass is 19.1. The quantitative estimate of drug-likeness (QED) is 0.872. The standard InChI is InChI=1S/C12H13F2N3/c1-2-6-3-9(6)17-10-5-7(13)4-8(14)11(10)16-12(17)15/h4-6,9H,2-3H2,1H3,(H2,15,16). The van der Waals surface area contributed by atoms with Crippen LogP contribution < -0.4 is 5.73 Å². The van der Waals surface area contributed by atoms with Gasteiger partial charge < -0.3 is 10.3 Å². The Labute approximate surface area is 97.2 Å². The van der Waals surface area contributed by atoms with Crippen molar-refractivity contribution in [2.75, 3.05) is 5.73 Å². The van der Waals surface area contributed by atoms with Crippen LogP contribution in [0.5, 0.6) is 0 Å². The number of benzene rings is 1. The molecule has 1 saturated carbocycles. The summed E-state index contributed by atoms with van der Waals surface area (Å²) >= 11 is 0. The number of nitrogens with zero attached hydrogens (tertiary/aromatic N) is 2. The van der Waals surface area contributed by atoms with Crippen molar-refractivity contribution in [1.82, 2.24) is 9.55 Å². The van der Waals surface area contributed by atoms with Gasteiger partial charge in [-0.3, -0.25) is 0 Å². The normalized spacial score (nSPS) is 23.2. The van der Waals surface area contributed by atoms with E-state index in [0.29, 0.717) is 11.4 Å². The van der Waals surface area contributed by atoms with Gasteiger partial charge in [-0.2, -0.15) is 0 Å². The first-order chi connectivity index (χ1) is 8.11. The number of nitrogen functional groups attached to an aromatic ring is 1. The second-order valence-electron chi connectivity index (χ2n) is 4.57. The Hall–Kier alpha value is -1.65. The molecule has 2 aromatic rings. The third-order valence-corrected chi connectivity index (χ3v) is 3.48. The molecule has 0 bridgehead atoms. The Kier molecular flexibility index (Phi) is 2.11. The first-order valence-electron chi connectivity index (χ1n) is 5.74. The summed E-state index contributed by atoms with van der Waals surface area (Å²) in [5.41, 5.74) is 6.41. The van der Waals surface area contributed by atoms with Gasteiger partial charge in [0.25, 0.3) is 0 Å². The second kappa shape index (κ2) is 3.42. The average Bonchev–Trinajstić information content (AvgIpc) is 2.96. The SMILES string of the molecule is CCC1CC1n1c(N)nc2c(F)cc(F)cc21. The van der Waals surface area contributed by atoms with Crippen molar-refractivity contribution >= 4 is 17.0 Å². The number of hydrogen-bond donors (Lipinski definition) is 1. The molecule has 3 rings (SSSR count). The van der Waals surface area contributed by atoms with E-state index in [0.717, 1.165) is 18.9 Å². The molecule has 1 aromatic heterocycles. The first-order valence-corrected chi connectivity index (χ1v) is 5.74. The van der Waals surface area contributed by atoms with Crippen LogP contribution in [-0.4, -0.2) is 9.55 Å². The molecule has 0 amide bonds. The molecule has 1 aromatic carbocycles. The number of imidazole rings is 1. The van der Waals surface area contributed by atoms with Crippen LogP contribution in [0.2, 0.25) is 0 Å². The van der Waals surface area contributed by atoms with Gasteiger partial charge in [-0.1, -0.05) is 13.3 Å². The maximum absolute atomic E-state index is 13.5. The topological polar surface area (TPSA) is 43.8 Å². The minimum atomic E-state index is -0.654. The van der Waals surface area contributed by atoms with Crippen LogP contribution in [0.25, 0.3) is 11.0 Å². The average molecular weight is 237 g/mol. The summed E-state index contributed by atoms with van der Waals surface area (Å²) in [4.78, 5) is 3.98. The monoisotopic (exact) mass is 237 g/mol. The Morgan fingerprint density at radius 3 is 2.88 bits per heavy atom. The van der Waals surface area contributed by atoms with Crippen molar-refractivity contribution in [3.63, 3.8) is 0 Å². The van der Waals surface area contributed by atoms with E-state index in [-0.39, 0.29) is 17.5 Å². The van der Waals surface area contributed by atoms with Gasteiger partial charge in [-0.15, -0.1) is 0 Å². The Balaban J connectivity index is 2.21. The van der Waals surface area contributed by atoms with Crippen LogP contribution in [0.4, 0.5) is 14.7 Å². The van der Waals surface area contributed by atoms with Crippen molar-refractivity contribution in [3.05, 3.63) is 23.8 Å². The first kappa shape index (κ1) is 10.5. The summed E-state index contributed by atoms with van der Waals surface area (Å²) < 4.78 is 28.5. The minimum absolute atomic E-state index is 0.158. The van der Waals surface area contributed by atoms with E-state index < -0.39 is 11.6 Å². The van der Waals surface area contributed by atoms with Gasteiger partial charge in [0.1, 0.15) is 11.3 Å². The molecule has 1 heterocycles. The van der Waals surface area contributed by atoms with Crippen LogP contribution in [0.1, 0.15) is 25.8 Å². The molecule has 1 aliphatic carbocycles. The van der Waals surface area contributed by atoms with E-state index in [1.165, 1.54) is 6.07 Å². The largest absolute Gasteiger partial charge is 0.369 e. The van der Waals surface area contributed by atoms with Crippen LogP contribution in [-0.2, 0) is 0 Å². The fourth-order valence-corrected chi connectivity index (χ4v) is 2.47. The van der Waals surface area contributed by atoms with Gasteiger partial charge in [0.2, 0.25) is 5.95 Å². The fraction of sp³-hybridized carbons (Fsp3) is 0.417. The van der Waals surface area contributed by atoms with Gasteiger partial charge >= 0.3 is 0 Å². The van der Waals surface area contributed by atoms with Crippen LogP contribution in [0.3, 0.4) is 0 Å². The Morgan fingerprint density at radius 1 is 1.47 bits per heavy atom. The van der Waals surface area contributed by atoms with E-state index in [1.807, 2.05) is 0 Å². The molecular formula is C12H13F2N3. The summed E-state index contributed by atoms with van der Waals surface area (Å²) in [7, 11) is 0. The number of nitrogens with two attached hydrogens (primary N) is 1. The number of aromatic nitrogens is 2. The molecule has 1 aliphatic rings. The highest BCUT2D eigenvalue weighted by molar-refractivity contribution is 5.79. The maximum atomic E-state index is 13.5. The van der Waals surface area contributed by atoms with Crippen molar-refractivity contribution in [2.24, 2.45) is 5.92 Å². The number of hydrogen-bond acceptors (Lipinski definition) is 2. The number of fused-ring (bicyclic) bond motifs is 1. The number of rotatable bonds is 2. The second-order valence-corrected chi connectivity index (χ2v) is 4.57. The molecule has 3 nitrogen and oxygen atoms in total. The Morgan fingerprint density at radius 2 is 2.24 bits per heavy atom. The molecule has 17 heavy (non-hydrogen) atoms. The van der Waals surface area contributed by atoms with E-state index in [4.69, 9.17) is 5.73 Å². The van der Waals surface area contributed by atoms with Gasteiger partial charge in [0, 0.05) is 18.2 Å². The number of anilines is 1. The lowest BCUT2D eigenvalue weighted by Gasteiger charge is -2.05. The van der Waals surface area contributed by atoms with Gasteiger partial charge in [0.15, 0.2) is 5.82 Å². The Bertz CT molecular complexity index is 591. The van der Waals surface area contributed by atoms with E-state index in [9.17, 15) is 8.78 Å². The summed E-state index contributed by atoms with van der Waals surface area (Å²) in [6.07, 6.45) is 2.05. The van der Waals surface area contributed by atoms with Crippen molar-refractivity contribution < 1.29 is 8.78 Å². The van der Waals surface area contributed by atoms with Gasteiger partial charge in [-0.25, -0.2) is 13.8 Å². The zero-order chi connectivity index (χ0) is 12.2. The van der Waals surface area contributed by atoms with Crippen molar-refractivity contribution in [2.45, 2.75) is 25.8 Å². The van der Waals surface area contributed by atoms with Crippen LogP contribution in [0, 0.1) is 17.6 Å². The summed E-state index contributed by atoms with van der Waals surface area (Å²) in [5.74, 6) is -0.435. The third-order valence-electron chi connectivity index (χ3n) is 3.48. The fourth-order valence-electron chi connectivity index (χ4n) is 2.47. The molecule has 2 N–H and O–H groups in total. The van der Waals surface area contributed by atoms with Crippen molar-refractivity contribution in [1.29, 1.82) is 0 Å². The zero-order valence-corrected chi connectivity index (χ0v) is 9.45. The number of halogens is 2. The predicted molar refractivity (Wildman–Crippen MR) is 61.5 cm³/mol. The molecule has 5 heteroatoms. The van der Waals surface area contributed by atoms with E-state index >= 15 is 0 Å². The van der Waals surface area contributed by atoms with Gasteiger partial charge in [0.05, 0.1) is 5.52 Å². The lowest BCUT2D eigenvalue weighted by atomic mass is 10.3. The van der Waals surface area contributed by atoms with Gasteiger partial charge in [-0.05, 0) is 12.3 Å². The molecule has 0 radical (unpaired) electrons. The van der Waals surface area contributed by atoms with E-state index in [2.05, 4.69) is 11.9 Å². The molecule has 2 atom stereocenters. The minimum Gasteiger partial charge on any atom is -0.369 e. The molecule has 2 unspecified atom stereocenters. The van der Waals surface area contributed by atoms with Crippen LogP contribution in [0.15, 0.2) is 12.1 Å². The predicted octanol–water partition coefficient (Wildman–Crippen LogP) is 2.87. The third kappa shape index (κ3) is 1.49. The lowest BCUT2D eigenvalue weighted by Crippen LogP contribution is -2.02. The van der Waals surface area contributed by atoms with Crippen molar-refractivity contribution in [3.8, 4) is 0 Å². The molecule has 1 fully saturated rings. The smallest absolute Gasteiger partial charge is 0.201 e. The van der Waals surface area contributed by atoms with E-state index in [1.54, 1.807) is 4.57 Å². The highest BCUT2D eigenvalue weighted by Crippen LogP contribution is 2.48. The van der Waals surface area contributed by atoms with Crippen LogP contribution >= 0.6 is 0 Å². The summed E-state index contributed by atoms with van der Waals surface area (Å²) in [6.45, 7) is 2.10. The molecule has 0 spiro atoms. The molecule has 90 valence electrons. The maximum Gasteiger partial charge on any atom is 0.201 e. The highest BCUT2D eigenvalue weighted by Gasteiger charge is 2.39. The molecular weight excluding hydrogens is 224 g/mol. The molecule has 0 saturated heterocycles. The summed E-state index contributed by atoms with van der Waals surface area (Å²) in [6, 6.07) is 2.38. The zero-order valence-electron chi connectivity index (χ0n) is 9.45. The molecule has 0 aliphatic heterocycles. The lowest BCUT2D eigenvalue weighted by molar-refractivity contribution is 0.589.